The monoisotopic (exact) mass is 273 g/mol. The number of benzene rings is 1. The Bertz CT molecular complexity index is 629. The van der Waals surface area contributed by atoms with Crippen LogP contribution in [-0.2, 0) is 11.3 Å². The summed E-state index contributed by atoms with van der Waals surface area (Å²) >= 11 is 0. The van der Waals surface area contributed by atoms with Crippen molar-refractivity contribution < 1.29 is 14.6 Å². The molecule has 0 saturated carbocycles. The molecule has 1 heterocycles. The highest BCUT2D eigenvalue weighted by Crippen LogP contribution is 2.26. The van der Waals surface area contributed by atoms with E-state index in [0.717, 1.165) is 16.8 Å². The summed E-state index contributed by atoms with van der Waals surface area (Å²) in [6.45, 7) is 5.08. The molecule has 2 rings (SSSR count). The fourth-order valence-electron chi connectivity index (χ4n) is 2.41. The molecule has 2 aromatic rings. The first-order valence-electron chi connectivity index (χ1n) is 6.54. The summed E-state index contributed by atoms with van der Waals surface area (Å²) in [5, 5.41) is 9.28. The van der Waals surface area contributed by atoms with Crippen LogP contribution in [0.2, 0.25) is 0 Å². The van der Waals surface area contributed by atoms with Crippen molar-refractivity contribution in [2.24, 2.45) is 0 Å². The largest absolute Gasteiger partial charge is 0.477 e. The minimum atomic E-state index is -0.919. The minimum Gasteiger partial charge on any atom is -0.477 e. The van der Waals surface area contributed by atoms with E-state index in [0.29, 0.717) is 13.2 Å². The molecular weight excluding hydrogens is 254 g/mol. The van der Waals surface area contributed by atoms with Gasteiger partial charge in [-0.05, 0) is 31.5 Å². The number of aryl methyl sites for hydroxylation is 2. The molecule has 0 fully saturated rings. The molecule has 0 spiro atoms. The molecular formula is C16H19NO3. The van der Waals surface area contributed by atoms with Crippen molar-refractivity contribution in [2.45, 2.75) is 20.4 Å². The summed E-state index contributed by atoms with van der Waals surface area (Å²) in [4.78, 5) is 11.3. The van der Waals surface area contributed by atoms with E-state index in [4.69, 9.17) is 4.74 Å². The average molecular weight is 273 g/mol. The van der Waals surface area contributed by atoms with Crippen LogP contribution < -0.4 is 0 Å². The zero-order chi connectivity index (χ0) is 14.7. The molecule has 1 aromatic heterocycles. The van der Waals surface area contributed by atoms with Crippen LogP contribution >= 0.6 is 0 Å². The van der Waals surface area contributed by atoms with Crippen molar-refractivity contribution in [1.29, 1.82) is 0 Å². The van der Waals surface area contributed by atoms with Gasteiger partial charge in [0, 0.05) is 24.9 Å². The molecule has 0 amide bonds. The van der Waals surface area contributed by atoms with E-state index in [1.165, 1.54) is 5.56 Å². The Morgan fingerprint density at radius 1 is 1.25 bits per heavy atom. The normalized spacial score (nSPS) is 10.8. The van der Waals surface area contributed by atoms with Crippen molar-refractivity contribution in [3.05, 3.63) is 47.2 Å². The smallest absolute Gasteiger partial charge is 0.352 e. The van der Waals surface area contributed by atoms with Gasteiger partial charge in [0.05, 0.1) is 6.61 Å². The Balaban J connectivity index is 2.52. The standard InChI is InChI=1S/C16H19NO3/c1-11-4-5-13(12(2)10-11)14-6-7-15(16(18)19)17(14)8-9-20-3/h4-7,10H,8-9H2,1-3H3,(H,18,19). The maximum atomic E-state index is 11.3. The fraction of sp³-hybridized carbons (Fsp3) is 0.312. The lowest BCUT2D eigenvalue weighted by Gasteiger charge is -2.13. The first-order chi connectivity index (χ1) is 9.54. The topological polar surface area (TPSA) is 51.5 Å². The van der Waals surface area contributed by atoms with E-state index in [-0.39, 0.29) is 5.69 Å². The quantitative estimate of drug-likeness (QED) is 0.910. The second-order valence-corrected chi connectivity index (χ2v) is 4.87. The van der Waals surface area contributed by atoms with E-state index in [1.807, 2.05) is 32.0 Å². The van der Waals surface area contributed by atoms with Crippen molar-refractivity contribution in [1.82, 2.24) is 4.57 Å². The van der Waals surface area contributed by atoms with Gasteiger partial charge in [0.25, 0.3) is 0 Å². The molecule has 1 aromatic carbocycles. The number of ether oxygens (including phenoxy) is 1. The van der Waals surface area contributed by atoms with E-state index in [2.05, 4.69) is 6.07 Å². The Hall–Kier alpha value is -2.07. The number of carbonyl (C=O) groups is 1. The van der Waals surface area contributed by atoms with Crippen LogP contribution in [0, 0.1) is 13.8 Å². The van der Waals surface area contributed by atoms with E-state index in [9.17, 15) is 9.90 Å². The second kappa shape index (κ2) is 5.92. The predicted molar refractivity (Wildman–Crippen MR) is 78.2 cm³/mol. The number of rotatable bonds is 5. The van der Waals surface area contributed by atoms with Crippen molar-refractivity contribution >= 4 is 5.97 Å². The van der Waals surface area contributed by atoms with Crippen molar-refractivity contribution in [3.63, 3.8) is 0 Å². The third kappa shape index (κ3) is 2.75. The third-order valence-corrected chi connectivity index (χ3v) is 3.38. The van der Waals surface area contributed by atoms with Gasteiger partial charge < -0.3 is 14.4 Å². The lowest BCUT2D eigenvalue weighted by molar-refractivity contribution is 0.0683. The van der Waals surface area contributed by atoms with Gasteiger partial charge in [-0.15, -0.1) is 0 Å². The van der Waals surface area contributed by atoms with Crippen LogP contribution in [0.15, 0.2) is 30.3 Å². The number of carboxylic acids is 1. The van der Waals surface area contributed by atoms with E-state index >= 15 is 0 Å². The van der Waals surface area contributed by atoms with E-state index < -0.39 is 5.97 Å². The first-order valence-corrected chi connectivity index (χ1v) is 6.54. The first kappa shape index (κ1) is 14.3. The SMILES string of the molecule is COCCn1c(C(=O)O)ccc1-c1ccc(C)cc1C. The molecule has 0 atom stereocenters. The number of methoxy groups -OCH3 is 1. The number of nitrogens with zero attached hydrogens (tertiary/aromatic N) is 1. The third-order valence-electron chi connectivity index (χ3n) is 3.38. The van der Waals surface area contributed by atoms with Gasteiger partial charge in [0.15, 0.2) is 0 Å². The van der Waals surface area contributed by atoms with Crippen LogP contribution in [0.1, 0.15) is 21.6 Å². The minimum absolute atomic E-state index is 0.289. The maximum Gasteiger partial charge on any atom is 0.352 e. The highest BCUT2D eigenvalue weighted by molar-refractivity contribution is 5.87. The van der Waals surface area contributed by atoms with Gasteiger partial charge in [0.2, 0.25) is 0 Å². The molecule has 0 bridgehead atoms. The lowest BCUT2D eigenvalue weighted by Crippen LogP contribution is -2.13. The predicted octanol–water partition coefficient (Wildman–Crippen LogP) is 3.12. The summed E-state index contributed by atoms with van der Waals surface area (Å²) in [5.41, 5.74) is 4.59. The molecule has 0 radical (unpaired) electrons. The number of hydrogen-bond donors (Lipinski definition) is 1. The summed E-state index contributed by atoms with van der Waals surface area (Å²) in [7, 11) is 1.61. The molecule has 106 valence electrons. The number of hydrogen-bond acceptors (Lipinski definition) is 2. The van der Waals surface area contributed by atoms with Crippen LogP contribution in [-0.4, -0.2) is 29.4 Å². The molecule has 20 heavy (non-hydrogen) atoms. The van der Waals surface area contributed by atoms with Gasteiger partial charge in [-0.2, -0.15) is 0 Å². The van der Waals surface area contributed by atoms with Gasteiger partial charge >= 0.3 is 5.97 Å². The van der Waals surface area contributed by atoms with Crippen LogP contribution in [0.3, 0.4) is 0 Å². The summed E-state index contributed by atoms with van der Waals surface area (Å²) in [5.74, 6) is -0.919. The van der Waals surface area contributed by atoms with Gasteiger partial charge in [-0.1, -0.05) is 23.8 Å². The Morgan fingerprint density at radius 2 is 2.00 bits per heavy atom. The summed E-state index contributed by atoms with van der Waals surface area (Å²) in [6.07, 6.45) is 0. The van der Waals surface area contributed by atoms with Gasteiger partial charge in [-0.25, -0.2) is 4.79 Å². The highest BCUT2D eigenvalue weighted by Gasteiger charge is 2.16. The molecule has 4 heteroatoms. The Labute approximate surface area is 118 Å². The van der Waals surface area contributed by atoms with Gasteiger partial charge in [0.1, 0.15) is 5.69 Å². The van der Waals surface area contributed by atoms with Crippen LogP contribution in [0.25, 0.3) is 11.3 Å². The Kier molecular flexibility index (Phi) is 4.25. The highest BCUT2D eigenvalue weighted by atomic mass is 16.5. The van der Waals surface area contributed by atoms with Gasteiger partial charge in [-0.3, -0.25) is 0 Å². The summed E-state index contributed by atoms with van der Waals surface area (Å²) in [6, 6.07) is 9.68. The molecule has 0 saturated heterocycles. The molecule has 0 aliphatic carbocycles. The molecule has 0 unspecified atom stereocenters. The number of aromatic carboxylic acids is 1. The van der Waals surface area contributed by atoms with Crippen LogP contribution in [0.4, 0.5) is 0 Å². The lowest BCUT2D eigenvalue weighted by atomic mass is 10.0. The zero-order valence-corrected chi connectivity index (χ0v) is 12.0. The molecule has 4 nitrogen and oxygen atoms in total. The maximum absolute atomic E-state index is 11.3. The average Bonchev–Trinajstić information content (AvgIpc) is 2.80. The second-order valence-electron chi connectivity index (χ2n) is 4.87. The molecule has 0 aliphatic heterocycles. The molecule has 0 aliphatic rings. The number of carboxylic acid groups (broad SMARTS) is 1. The van der Waals surface area contributed by atoms with Crippen molar-refractivity contribution in [2.75, 3.05) is 13.7 Å². The zero-order valence-electron chi connectivity index (χ0n) is 12.0. The van der Waals surface area contributed by atoms with Crippen LogP contribution in [0.5, 0.6) is 0 Å². The van der Waals surface area contributed by atoms with E-state index in [1.54, 1.807) is 17.7 Å². The molecule has 1 N–H and O–H groups in total. The van der Waals surface area contributed by atoms with Crippen molar-refractivity contribution in [3.8, 4) is 11.3 Å². The summed E-state index contributed by atoms with van der Waals surface area (Å²) < 4.78 is 6.87. The fourth-order valence-corrected chi connectivity index (χ4v) is 2.41. The Morgan fingerprint density at radius 3 is 2.60 bits per heavy atom. The number of aromatic nitrogens is 1.